The molecular weight excluding hydrogens is 263 g/mol. The van der Waals surface area contributed by atoms with E-state index in [1.54, 1.807) is 0 Å². The molecule has 21 heavy (non-hydrogen) atoms. The van der Waals surface area contributed by atoms with Crippen LogP contribution in [0.3, 0.4) is 0 Å². The summed E-state index contributed by atoms with van der Waals surface area (Å²) in [6.45, 7) is 2.99. The molecule has 2 nitrogen and oxygen atoms in total. The largest absolute Gasteiger partial charge is 0.378 e. The molecule has 1 unspecified atom stereocenters. The summed E-state index contributed by atoms with van der Waals surface area (Å²) in [7, 11) is 4.08. The molecule has 0 spiro atoms. The van der Waals surface area contributed by atoms with Gasteiger partial charge in [-0.2, -0.15) is 0 Å². The first-order chi connectivity index (χ1) is 10.0. The van der Waals surface area contributed by atoms with Gasteiger partial charge < -0.3 is 10.2 Å². The van der Waals surface area contributed by atoms with Crippen molar-refractivity contribution in [2.75, 3.05) is 19.0 Å². The Hall–Kier alpha value is -1.87. The average molecular weight is 286 g/mol. The first-order valence-electron chi connectivity index (χ1n) is 7.28. The first kappa shape index (κ1) is 15.5. The Bertz CT molecular complexity index is 546. The second kappa shape index (κ2) is 7.23. The van der Waals surface area contributed by atoms with Crippen LogP contribution in [0.2, 0.25) is 0 Å². The lowest BCUT2D eigenvalue weighted by molar-refractivity contribution is 0.544. The van der Waals surface area contributed by atoms with Crippen LogP contribution in [0.1, 0.15) is 18.1 Å². The minimum Gasteiger partial charge on any atom is -0.378 e. The Morgan fingerprint density at radius 3 is 2.10 bits per heavy atom. The van der Waals surface area contributed by atoms with Gasteiger partial charge in [0.2, 0.25) is 0 Å². The predicted molar refractivity (Wildman–Crippen MR) is 87.2 cm³/mol. The molecule has 2 aromatic carbocycles. The zero-order valence-electron chi connectivity index (χ0n) is 12.9. The second-order valence-electron chi connectivity index (χ2n) is 5.67. The topological polar surface area (TPSA) is 15.3 Å². The summed E-state index contributed by atoms with van der Waals surface area (Å²) in [5.41, 5.74) is 3.63. The lowest BCUT2D eigenvalue weighted by Gasteiger charge is -2.15. The number of nitrogens with one attached hydrogen (secondary N) is 1. The van der Waals surface area contributed by atoms with Gasteiger partial charge in [-0.05, 0) is 48.7 Å². The number of hydrogen-bond donors (Lipinski definition) is 1. The van der Waals surface area contributed by atoms with Crippen molar-refractivity contribution in [2.24, 2.45) is 0 Å². The van der Waals surface area contributed by atoms with Gasteiger partial charge in [0.25, 0.3) is 0 Å². The van der Waals surface area contributed by atoms with Gasteiger partial charge in [-0.25, -0.2) is 4.39 Å². The molecule has 1 atom stereocenters. The fourth-order valence-electron chi connectivity index (χ4n) is 2.25. The summed E-state index contributed by atoms with van der Waals surface area (Å²) in [5, 5.41) is 3.50. The molecule has 2 rings (SSSR count). The molecule has 0 bridgehead atoms. The number of hydrogen-bond acceptors (Lipinski definition) is 2. The minimum atomic E-state index is -0.180. The SMILES string of the molecule is CC(Cc1ccc(F)cc1)NCc1ccc(N(C)C)cc1. The van der Waals surface area contributed by atoms with E-state index in [1.165, 1.54) is 23.4 Å². The van der Waals surface area contributed by atoms with E-state index in [0.29, 0.717) is 6.04 Å². The first-order valence-corrected chi connectivity index (χ1v) is 7.28. The zero-order valence-corrected chi connectivity index (χ0v) is 12.9. The highest BCUT2D eigenvalue weighted by atomic mass is 19.1. The Kier molecular flexibility index (Phi) is 5.34. The third kappa shape index (κ3) is 4.87. The third-order valence-electron chi connectivity index (χ3n) is 3.56. The van der Waals surface area contributed by atoms with E-state index in [-0.39, 0.29) is 5.82 Å². The van der Waals surface area contributed by atoms with E-state index in [9.17, 15) is 4.39 Å². The van der Waals surface area contributed by atoms with Gasteiger partial charge >= 0.3 is 0 Å². The van der Waals surface area contributed by atoms with Gasteiger partial charge in [0.1, 0.15) is 5.82 Å². The van der Waals surface area contributed by atoms with Crippen LogP contribution in [-0.2, 0) is 13.0 Å². The highest BCUT2D eigenvalue weighted by Gasteiger charge is 2.04. The number of benzene rings is 2. The molecule has 0 aliphatic rings. The van der Waals surface area contributed by atoms with E-state index in [0.717, 1.165) is 18.5 Å². The lowest BCUT2D eigenvalue weighted by atomic mass is 10.1. The molecule has 0 aliphatic carbocycles. The van der Waals surface area contributed by atoms with Gasteiger partial charge in [0, 0.05) is 32.4 Å². The average Bonchev–Trinajstić information content (AvgIpc) is 2.48. The maximum Gasteiger partial charge on any atom is 0.123 e. The van der Waals surface area contributed by atoms with Crippen molar-refractivity contribution in [2.45, 2.75) is 25.9 Å². The Morgan fingerprint density at radius 1 is 0.952 bits per heavy atom. The number of halogens is 1. The summed E-state index contributed by atoms with van der Waals surface area (Å²) in [5.74, 6) is -0.180. The van der Waals surface area contributed by atoms with Crippen molar-refractivity contribution in [1.82, 2.24) is 5.32 Å². The summed E-state index contributed by atoms with van der Waals surface area (Å²) in [4.78, 5) is 2.09. The summed E-state index contributed by atoms with van der Waals surface area (Å²) >= 11 is 0. The second-order valence-corrected chi connectivity index (χ2v) is 5.67. The van der Waals surface area contributed by atoms with E-state index < -0.39 is 0 Å². The fraction of sp³-hybridized carbons (Fsp3) is 0.333. The van der Waals surface area contributed by atoms with Crippen molar-refractivity contribution in [3.63, 3.8) is 0 Å². The molecule has 112 valence electrons. The highest BCUT2D eigenvalue weighted by molar-refractivity contribution is 5.45. The molecular formula is C18H23FN2. The van der Waals surface area contributed by atoms with Crippen LogP contribution in [0.4, 0.5) is 10.1 Å². The van der Waals surface area contributed by atoms with Crippen molar-refractivity contribution >= 4 is 5.69 Å². The quantitative estimate of drug-likeness (QED) is 0.872. The van der Waals surface area contributed by atoms with Crippen molar-refractivity contribution in [3.05, 3.63) is 65.5 Å². The molecule has 0 saturated carbocycles. The van der Waals surface area contributed by atoms with Crippen molar-refractivity contribution < 1.29 is 4.39 Å². The lowest BCUT2D eigenvalue weighted by Crippen LogP contribution is -2.27. The van der Waals surface area contributed by atoms with Crippen LogP contribution >= 0.6 is 0 Å². The monoisotopic (exact) mass is 286 g/mol. The van der Waals surface area contributed by atoms with E-state index in [1.807, 2.05) is 26.2 Å². The Labute approximate surface area is 126 Å². The molecule has 0 aliphatic heterocycles. The number of nitrogens with zero attached hydrogens (tertiary/aromatic N) is 1. The van der Waals surface area contributed by atoms with Crippen LogP contribution in [0.15, 0.2) is 48.5 Å². The number of rotatable bonds is 6. The normalized spacial score (nSPS) is 12.2. The zero-order chi connectivity index (χ0) is 15.2. The maximum atomic E-state index is 12.9. The van der Waals surface area contributed by atoms with E-state index in [2.05, 4.69) is 41.4 Å². The predicted octanol–water partition coefficient (Wildman–Crippen LogP) is 3.61. The number of anilines is 1. The fourth-order valence-corrected chi connectivity index (χ4v) is 2.25. The highest BCUT2D eigenvalue weighted by Crippen LogP contribution is 2.12. The standard InChI is InChI=1S/C18H23FN2/c1-14(12-15-4-8-17(19)9-5-15)20-13-16-6-10-18(11-7-16)21(2)3/h4-11,14,20H,12-13H2,1-3H3. The van der Waals surface area contributed by atoms with Crippen LogP contribution in [0.5, 0.6) is 0 Å². The summed E-state index contributed by atoms with van der Waals surface area (Å²) in [6.07, 6.45) is 0.899. The van der Waals surface area contributed by atoms with Crippen molar-refractivity contribution in [3.8, 4) is 0 Å². The van der Waals surface area contributed by atoms with Gasteiger partial charge in [-0.15, -0.1) is 0 Å². The molecule has 0 aromatic heterocycles. The summed E-state index contributed by atoms with van der Waals surface area (Å²) < 4.78 is 12.9. The summed E-state index contributed by atoms with van der Waals surface area (Å²) in [6, 6.07) is 15.6. The van der Waals surface area contributed by atoms with Gasteiger partial charge in [0.05, 0.1) is 0 Å². The van der Waals surface area contributed by atoms with Crippen LogP contribution < -0.4 is 10.2 Å². The maximum absolute atomic E-state index is 12.9. The minimum absolute atomic E-state index is 0.180. The molecule has 0 amide bonds. The van der Waals surface area contributed by atoms with Crippen LogP contribution in [0.25, 0.3) is 0 Å². The third-order valence-corrected chi connectivity index (χ3v) is 3.56. The molecule has 2 aromatic rings. The van der Waals surface area contributed by atoms with E-state index in [4.69, 9.17) is 0 Å². The molecule has 3 heteroatoms. The molecule has 0 heterocycles. The van der Waals surface area contributed by atoms with Crippen LogP contribution in [0, 0.1) is 5.82 Å². The van der Waals surface area contributed by atoms with Gasteiger partial charge in [0.15, 0.2) is 0 Å². The smallest absolute Gasteiger partial charge is 0.123 e. The molecule has 0 radical (unpaired) electrons. The molecule has 0 saturated heterocycles. The van der Waals surface area contributed by atoms with Crippen LogP contribution in [-0.4, -0.2) is 20.1 Å². The Morgan fingerprint density at radius 2 is 1.52 bits per heavy atom. The molecule has 1 N–H and O–H groups in total. The Balaban J connectivity index is 1.83. The van der Waals surface area contributed by atoms with E-state index >= 15 is 0 Å². The van der Waals surface area contributed by atoms with Gasteiger partial charge in [-0.1, -0.05) is 24.3 Å². The van der Waals surface area contributed by atoms with Gasteiger partial charge in [-0.3, -0.25) is 0 Å². The molecule has 0 fully saturated rings. The van der Waals surface area contributed by atoms with Crippen molar-refractivity contribution in [1.29, 1.82) is 0 Å².